The van der Waals surface area contributed by atoms with Crippen LogP contribution in [-0.2, 0) is 0 Å². The molecule has 0 saturated carbocycles. The topological polar surface area (TPSA) is 95.0 Å². The number of methoxy groups -OCH3 is 1. The van der Waals surface area contributed by atoms with Gasteiger partial charge in [-0.15, -0.1) is 11.3 Å². The van der Waals surface area contributed by atoms with Gasteiger partial charge >= 0.3 is 0 Å². The standard InChI is InChI=1S/C23H25N7O2S/c1-32-21-5-3-2-4-20(21)30-11-7-16(28-30)23-27-18(15-33-23)22(31)26-17-14-25-8-6-19(17)29-12-9-24-10-13-29/h2-6,8,14-15,24H,7,9-13H2,1H3,(H,26,31). The fraction of sp³-hybridized carbons (Fsp3) is 0.304. The van der Waals surface area contributed by atoms with E-state index in [2.05, 4.69) is 25.5 Å². The molecule has 0 radical (unpaired) electrons. The lowest BCUT2D eigenvalue weighted by Crippen LogP contribution is -2.43. The molecule has 0 atom stereocenters. The number of nitrogens with one attached hydrogen (secondary N) is 2. The summed E-state index contributed by atoms with van der Waals surface area (Å²) in [4.78, 5) is 24.0. The molecule has 9 nitrogen and oxygen atoms in total. The smallest absolute Gasteiger partial charge is 0.275 e. The number of benzene rings is 1. The van der Waals surface area contributed by atoms with Crippen LogP contribution in [0.5, 0.6) is 5.75 Å². The van der Waals surface area contributed by atoms with Gasteiger partial charge in [-0.2, -0.15) is 5.10 Å². The van der Waals surface area contributed by atoms with Crippen LogP contribution in [0.1, 0.15) is 21.9 Å². The van der Waals surface area contributed by atoms with Crippen LogP contribution in [-0.4, -0.2) is 61.4 Å². The highest BCUT2D eigenvalue weighted by atomic mass is 32.1. The summed E-state index contributed by atoms with van der Waals surface area (Å²) in [5.41, 5.74) is 3.83. The first-order valence-electron chi connectivity index (χ1n) is 10.9. The summed E-state index contributed by atoms with van der Waals surface area (Å²) in [6.45, 7) is 4.34. The molecule has 2 aromatic heterocycles. The molecule has 0 unspecified atom stereocenters. The highest BCUT2D eigenvalue weighted by Gasteiger charge is 2.23. The van der Waals surface area contributed by atoms with Gasteiger partial charge in [0.1, 0.15) is 22.1 Å². The summed E-state index contributed by atoms with van der Waals surface area (Å²) in [5, 5.41) is 15.5. The Hall–Kier alpha value is -3.50. The predicted molar refractivity (Wildman–Crippen MR) is 131 cm³/mol. The van der Waals surface area contributed by atoms with Crippen molar-refractivity contribution in [1.82, 2.24) is 15.3 Å². The molecule has 1 fully saturated rings. The van der Waals surface area contributed by atoms with Crippen LogP contribution < -0.4 is 25.3 Å². The number of ether oxygens (including phenoxy) is 1. The van der Waals surface area contributed by atoms with E-state index in [1.54, 1.807) is 24.9 Å². The number of hydrogen-bond donors (Lipinski definition) is 2. The molecule has 1 amide bonds. The number of piperazine rings is 1. The van der Waals surface area contributed by atoms with Gasteiger partial charge in [-0.1, -0.05) is 12.1 Å². The maximum Gasteiger partial charge on any atom is 0.275 e. The highest BCUT2D eigenvalue weighted by Crippen LogP contribution is 2.31. The molecule has 33 heavy (non-hydrogen) atoms. The van der Waals surface area contributed by atoms with Gasteiger partial charge in [0.05, 0.1) is 30.4 Å². The summed E-state index contributed by atoms with van der Waals surface area (Å²) >= 11 is 1.43. The fourth-order valence-electron chi connectivity index (χ4n) is 3.99. The Kier molecular flexibility index (Phi) is 6.18. The summed E-state index contributed by atoms with van der Waals surface area (Å²) in [6, 6.07) is 9.74. The van der Waals surface area contributed by atoms with E-state index in [-0.39, 0.29) is 5.91 Å². The average Bonchev–Trinajstić information content (AvgIpc) is 3.55. The average molecular weight is 464 g/mol. The van der Waals surface area contributed by atoms with Crippen LogP contribution in [0.4, 0.5) is 17.1 Å². The van der Waals surface area contributed by atoms with E-state index < -0.39 is 0 Å². The Labute approximate surface area is 196 Å². The summed E-state index contributed by atoms with van der Waals surface area (Å²) < 4.78 is 5.46. The van der Waals surface area contributed by atoms with Gasteiger partial charge in [0.15, 0.2) is 0 Å². The molecule has 4 heterocycles. The minimum Gasteiger partial charge on any atom is -0.495 e. The van der Waals surface area contributed by atoms with Crippen LogP contribution in [0.25, 0.3) is 0 Å². The Bertz CT molecular complexity index is 1170. The maximum atomic E-state index is 13.0. The zero-order valence-corrected chi connectivity index (χ0v) is 19.1. The van der Waals surface area contributed by atoms with Crippen molar-refractivity contribution in [3.63, 3.8) is 0 Å². The van der Waals surface area contributed by atoms with Crippen LogP contribution in [0, 0.1) is 0 Å². The maximum absolute atomic E-state index is 13.0. The zero-order chi connectivity index (χ0) is 22.6. The lowest BCUT2D eigenvalue weighted by molar-refractivity contribution is 0.102. The third-order valence-corrected chi connectivity index (χ3v) is 6.54. The van der Waals surface area contributed by atoms with Crippen LogP contribution in [0.3, 0.4) is 0 Å². The molecule has 1 saturated heterocycles. The van der Waals surface area contributed by atoms with E-state index in [1.807, 2.05) is 35.3 Å². The van der Waals surface area contributed by atoms with Crippen molar-refractivity contribution in [3.8, 4) is 5.75 Å². The fourth-order valence-corrected chi connectivity index (χ4v) is 4.80. The number of nitrogens with zero attached hydrogens (tertiary/aromatic N) is 5. The molecule has 2 N–H and O–H groups in total. The SMILES string of the molecule is COc1ccccc1N1CCC(c2nc(C(=O)Nc3cnccc3N3CCNCC3)cs2)=N1. The first-order chi connectivity index (χ1) is 16.2. The van der Waals surface area contributed by atoms with Crippen molar-refractivity contribution in [2.75, 3.05) is 55.1 Å². The van der Waals surface area contributed by atoms with E-state index >= 15 is 0 Å². The van der Waals surface area contributed by atoms with Crippen LogP contribution in [0.2, 0.25) is 0 Å². The first kappa shape index (κ1) is 21.4. The van der Waals surface area contributed by atoms with Crippen molar-refractivity contribution in [2.24, 2.45) is 5.10 Å². The summed E-state index contributed by atoms with van der Waals surface area (Å²) in [5.74, 6) is 0.528. The number of rotatable bonds is 6. The van der Waals surface area contributed by atoms with Gasteiger partial charge < -0.3 is 20.3 Å². The molecule has 1 aromatic carbocycles. The van der Waals surface area contributed by atoms with Gasteiger partial charge in [-0.25, -0.2) is 4.98 Å². The molecule has 10 heteroatoms. The summed E-state index contributed by atoms with van der Waals surface area (Å²) in [6.07, 6.45) is 4.19. The lowest BCUT2D eigenvalue weighted by atomic mass is 10.2. The van der Waals surface area contributed by atoms with Gasteiger partial charge in [0.2, 0.25) is 0 Å². The molecule has 5 rings (SSSR count). The number of carbonyl (C=O) groups is 1. The molecular weight excluding hydrogens is 438 g/mol. The molecule has 2 aliphatic heterocycles. The van der Waals surface area contributed by atoms with Gasteiger partial charge in [0, 0.05) is 50.7 Å². The number of carbonyl (C=O) groups excluding carboxylic acids is 1. The Morgan fingerprint density at radius 1 is 1.15 bits per heavy atom. The third kappa shape index (κ3) is 4.53. The Morgan fingerprint density at radius 3 is 2.85 bits per heavy atom. The monoisotopic (exact) mass is 463 g/mol. The minimum absolute atomic E-state index is 0.248. The predicted octanol–water partition coefficient (Wildman–Crippen LogP) is 2.82. The molecule has 170 valence electrons. The molecule has 0 aliphatic carbocycles. The number of para-hydroxylation sites is 2. The van der Waals surface area contributed by atoms with E-state index in [0.717, 1.165) is 67.0 Å². The number of thiazole rings is 1. The van der Waals surface area contributed by atoms with E-state index in [9.17, 15) is 4.79 Å². The minimum atomic E-state index is -0.248. The van der Waals surface area contributed by atoms with Crippen molar-refractivity contribution >= 4 is 40.0 Å². The Morgan fingerprint density at radius 2 is 2.00 bits per heavy atom. The number of hydrazone groups is 1. The lowest BCUT2D eigenvalue weighted by Gasteiger charge is -2.30. The molecule has 3 aromatic rings. The van der Waals surface area contributed by atoms with Crippen molar-refractivity contribution in [2.45, 2.75) is 6.42 Å². The molecule has 0 bridgehead atoms. The molecule has 0 spiro atoms. The van der Waals surface area contributed by atoms with Crippen molar-refractivity contribution < 1.29 is 9.53 Å². The van der Waals surface area contributed by atoms with E-state index in [4.69, 9.17) is 9.84 Å². The normalized spacial score (nSPS) is 16.0. The second-order valence-electron chi connectivity index (χ2n) is 7.71. The summed E-state index contributed by atoms with van der Waals surface area (Å²) in [7, 11) is 1.65. The first-order valence-corrected chi connectivity index (χ1v) is 11.8. The molecule has 2 aliphatic rings. The van der Waals surface area contributed by atoms with Crippen molar-refractivity contribution in [1.29, 1.82) is 0 Å². The quantitative estimate of drug-likeness (QED) is 0.580. The van der Waals surface area contributed by atoms with Crippen LogP contribution in [0.15, 0.2) is 53.2 Å². The second-order valence-corrected chi connectivity index (χ2v) is 8.57. The highest BCUT2D eigenvalue weighted by molar-refractivity contribution is 7.12. The van der Waals surface area contributed by atoms with Crippen molar-refractivity contribution in [3.05, 3.63) is 58.8 Å². The number of aromatic nitrogens is 2. The second kappa shape index (κ2) is 9.55. The zero-order valence-electron chi connectivity index (χ0n) is 18.3. The van der Waals surface area contributed by atoms with E-state index in [1.165, 1.54) is 11.3 Å². The van der Waals surface area contributed by atoms with Gasteiger partial charge in [0.25, 0.3) is 5.91 Å². The van der Waals surface area contributed by atoms with E-state index in [0.29, 0.717) is 11.4 Å². The number of amides is 1. The number of hydrogen-bond acceptors (Lipinski definition) is 9. The third-order valence-electron chi connectivity index (χ3n) is 5.65. The van der Waals surface area contributed by atoms with Crippen LogP contribution >= 0.6 is 11.3 Å². The van der Waals surface area contributed by atoms with Gasteiger partial charge in [-0.05, 0) is 18.2 Å². The number of anilines is 3. The van der Waals surface area contributed by atoms with Gasteiger partial charge in [-0.3, -0.25) is 14.8 Å². The largest absolute Gasteiger partial charge is 0.495 e. The molecular formula is C23H25N7O2S. The number of pyridine rings is 1. The Balaban J connectivity index is 1.31.